The van der Waals surface area contributed by atoms with E-state index >= 15 is 0 Å². The maximum absolute atomic E-state index is 12.0. The van der Waals surface area contributed by atoms with E-state index < -0.39 is 6.04 Å². The molecule has 1 saturated carbocycles. The van der Waals surface area contributed by atoms with Crippen LogP contribution in [0.15, 0.2) is 18.2 Å². The summed E-state index contributed by atoms with van der Waals surface area (Å²) in [7, 11) is 0. The first kappa shape index (κ1) is 13.4. The van der Waals surface area contributed by atoms with E-state index in [1.54, 1.807) is 19.1 Å². The second-order valence-corrected chi connectivity index (χ2v) is 5.07. The van der Waals surface area contributed by atoms with E-state index in [4.69, 9.17) is 5.73 Å². The fourth-order valence-electron chi connectivity index (χ4n) is 1.78. The highest BCUT2D eigenvalue weighted by molar-refractivity contribution is 6.01. The maximum atomic E-state index is 12.0. The Kier molecular flexibility index (Phi) is 3.74. The summed E-state index contributed by atoms with van der Waals surface area (Å²) in [4.78, 5) is 23.8. The first-order valence-electron chi connectivity index (χ1n) is 6.44. The van der Waals surface area contributed by atoms with E-state index in [9.17, 15) is 9.59 Å². The lowest BCUT2D eigenvalue weighted by Gasteiger charge is -2.14. The normalized spacial score (nSPS) is 15.7. The SMILES string of the molecule is Cc1ccc(C(=O)NC(C)C(=O)NC2CC2)c(N)c1. The molecule has 0 radical (unpaired) electrons. The van der Waals surface area contributed by atoms with Crippen LogP contribution in [-0.4, -0.2) is 23.9 Å². The number of anilines is 1. The number of aryl methyl sites for hydroxylation is 1. The van der Waals surface area contributed by atoms with Crippen LogP contribution in [0.5, 0.6) is 0 Å². The highest BCUT2D eigenvalue weighted by atomic mass is 16.2. The zero-order valence-corrected chi connectivity index (χ0v) is 11.2. The predicted octanol–water partition coefficient (Wildman–Crippen LogP) is 0.974. The Morgan fingerprint density at radius 1 is 1.37 bits per heavy atom. The van der Waals surface area contributed by atoms with Gasteiger partial charge in [-0.15, -0.1) is 0 Å². The van der Waals surface area contributed by atoms with Crippen molar-refractivity contribution in [3.05, 3.63) is 29.3 Å². The molecule has 1 atom stereocenters. The molecule has 0 bridgehead atoms. The first-order chi connectivity index (χ1) is 8.97. The van der Waals surface area contributed by atoms with Gasteiger partial charge in [0.1, 0.15) is 6.04 Å². The second-order valence-electron chi connectivity index (χ2n) is 5.07. The smallest absolute Gasteiger partial charge is 0.254 e. The van der Waals surface area contributed by atoms with Crippen LogP contribution in [0.1, 0.15) is 35.7 Å². The van der Waals surface area contributed by atoms with Crippen LogP contribution in [0.2, 0.25) is 0 Å². The number of rotatable bonds is 4. The number of nitrogens with one attached hydrogen (secondary N) is 2. The van der Waals surface area contributed by atoms with Crippen molar-refractivity contribution in [3.8, 4) is 0 Å². The summed E-state index contributed by atoms with van der Waals surface area (Å²) in [6.07, 6.45) is 2.05. The molecule has 2 rings (SSSR count). The van der Waals surface area contributed by atoms with E-state index in [2.05, 4.69) is 10.6 Å². The number of carbonyl (C=O) groups excluding carboxylic acids is 2. The summed E-state index contributed by atoms with van der Waals surface area (Å²) >= 11 is 0. The van der Waals surface area contributed by atoms with Gasteiger partial charge in [0.25, 0.3) is 5.91 Å². The third-order valence-electron chi connectivity index (χ3n) is 3.12. The fraction of sp³-hybridized carbons (Fsp3) is 0.429. The molecule has 2 amide bonds. The van der Waals surface area contributed by atoms with Crippen LogP contribution >= 0.6 is 0 Å². The summed E-state index contributed by atoms with van der Waals surface area (Å²) in [5.74, 6) is -0.475. The van der Waals surface area contributed by atoms with Crippen LogP contribution in [0.3, 0.4) is 0 Å². The van der Waals surface area contributed by atoms with Gasteiger partial charge >= 0.3 is 0 Å². The highest BCUT2D eigenvalue weighted by Gasteiger charge is 2.26. The molecule has 0 aliphatic heterocycles. The zero-order chi connectivity index (χ0) is 14.0. The third kappa shape index (κ3) is 3.47. The quantitative estimate of drug-likeness (QED) is 0.706. The topological polar surface area (TPSA) is 84.2 Å². The molecule has 5 heteroatoms. The van der Waals surface area contributed by atoms with Gasteiger partial charge in [-0.05, 0) is 44.4 Å². The Hall–Kier alpha value is -2.04. The molecule has 0 aromatic heterocycles. The average Bonchev–Trinajstić information content (AvgIpc) is 3.12. The number of amides is 2. The molecule has 0 heterocycles. The lowest BCUT2D eigenvalue weighted by atomic mass is 10.1. The van der Waals surface area contributed by atoms with Crippen molar-refractivity contribution in [1.29, 1.82) is 0 Å². The fourth-order valence-corrected chi connectivity index (χ4v) is 1.78. The van der Waals surface area contributed by atoms with Gasteiger partial charge in [-0.2, -0.15) is 0 Å². The van der Waals surface area contributed by atoms with E-state index in [1.165, 1.54) is 0 Å². The standard InChI is InChI=1S/C14H19N3O2/c1-8-3-6-11(12(15)7-8)14(19)16-9(2)13(18)17-10-4-5-10/h3,6-7,9-10H,4-5,15H2,1-2H3,(H,16,19)(H,17,18). The van der Waals surface area contributed by atoms with Crippen molar-refractivity contribution < 1.29 is 9.59 Å². The van der Waals surface area contributed by atoms with Crippen molar-refractivity contribution in [2.75, 3.05) is 5.73 Å². The van der Waals surface area contributed by atoms with Gasteiger partial charge in [0, 0.05) is 11.7 Å². The summed E-state index contributed by atoms with van der Waals surface area (Å²) in [5.41, 5.74) is 7.62. The van der Waals surface area contributed by atoms with Crippen molar-refractivity contribution in [1.82, 2.24) is 10.6 Å². The number of benzene rings is 1. The monoisotopic (exact) mass is 261 g/mol. The van der Waals surface area contributed by atoms with E-state index in [0.29, 0.717) is 11.3 Å². The minimum atomic E-state index is -0.561. The van der Waals surface area contributed by atoms with Crippen LogP contribution < -0.4 is 16.4 Å². The molecule has 1 aromatic rings. The Bertz CT molecular complexity index is 509. The van der Waals surface area contributed by atoms with E-state index in [1.807, 2.05) is 13.0 Å². The minimum Gasteiger partial charge on any atom is -0.398 e. The summed E-state index contributed by atoms with van der Waals surface area (Å²) in [6.45, 7) is 3.57. The molecule has 0 spiro atoms. The molecule has 1 fully saturated rings. The van der Waals surface area contributed by atoms with Crippen molar-refractivity contribution in [2.24, 2.45) is 0 Å². The lowest BCUT2D eigenvalue weighted by Crippen LogP contribution is -2.45. The first-order valence-corrected chi connectivity index (χ1v) is 6.44. The highest BCUT2D eigenvalue weighted by Crippen LogP contribution is 2.18. The van der Waals surface area contributed by atoms with E-state index in [-0.39, 0.29) is 17.9 Å². The van der Waals surface area contributed by atoms with Gasteiger partial charge < -0.3 is 16.4 Å². The summed E-state index contributed by atoms with van der Waals surface area (Å²) in [6, 6.07) is 4.96. The van der Waals surface area contributed by atoms with Gasteiger partial charge in [0.15, 0.2) is 0 Å². The lowest BCUT2D eigenvalue weighted by molar-refractivity contribution is -0.122. The maximum Gasteiger partial charge on any atom is 0.254 e. The molecular weight excluding hydrogens is 242 g/mol. The zero-order valence-electron chi connectivity index (χ0n) is 11.2. The van der Waals surface area contributed by atoms with Crippen LogP contribution in [0.25, 0.3) is 0 Å². The van der Waals surface area contributed by atoms with Crippen LogP contribution in [0, 0.1) is 6.92 Å². The predicted molar refractivity (Wildman–Crippen MR) is 73.7 cm³/mol. The second kappa shape index (κ2) is 5.30. The molecule has 0 saturated heterocycles. The average molecular weight is 261 g/mol. The molecule has 1 aliphatic carbocycles. The van der Waals surface area contributed by atoms with Crippen LogP contribution in [-0.2, 0) is 4.79 Å². The van der Waals surface area contributed by atoms with Crippen LogP contribution in [0.4, 0.5) is 5.69 Å². The number of nitrogens with two attached hydrogens (primary N) is 1. The molecule has 1 aromatic carbocycles. The summed E-state index contributed by atoms with van der Waals surface area (Å²) in [5, 5.41) is 5.51. The third-order valence-corrected chi connectivity index (χ3v) is 3.12. The van der Waals surface area contributed by atoms with Gasteiger partial charge in [-0.25, -0.2) is 0 Å². The van der Waals surface area contributed by atoms with E-state index in [0.717, 1.165) is 18.4 Å². The summed E-state index contributed by atoms with van der Waals surface area (Å²) < 4.78 is 0. The van der Waals surface area contributed by atoms with Crippen molar-refractivity contribution >= 4 is 17.5 Å². The Morgan fingerprint density at radius 3 is 2.63 bits per heavy atom. The number of hydrogen-bond donors (Lipinski definition) is 3. The number of carbonyl (C=O) groups is 2. The molecular formula is C14H19N3O2. The molecule has 19 heavy (non-hydrogen) atoms. The van der Waals surface area contributed by atoms with Crippen molar-refractivity contribution in [3.63, 3.8) is 0 Å². The Labute approximate surface area is 112 Å². The molecule has 102 valence electrons. The van der Waals surface area contributed by atoms with Gasteiger partial charge in [0.2, 0.25) is 5.91 Å². The number of hydrogen-bond acceptors (Lipinski definition) is 3. The van der Waals surface area contributed by atoms with Gasteiger partial charge in [0.05, 0.1) is 5.56 Å². The molecule has 1 aliphatic rings. The molecule has 4 N–H and O–H groups in total. The molecule has 5 nitrogen and oxygen atoms in total. The number of nitrogen functional groups attached to an aromatic ring is 1. The Balaban J connectivity index is 1.97. The Morgan fingerprint density at radius 2 is 2.05 bits per heavy atom. The van der Waals surface area contributed by atoms with Gasteiger partial charge in [-0.3, -0.25) is 9.59 Å². The largest absolute Gasteiger partial charge is 0.398 e. The minimum absolute atomic E-state index is 0.151. The molecule has 1 unspecified atom stereocenters. The van der Waals surface area contributed by atoms with Crippen molar-refractivity contribution in [2.45, 2.75) is 38.8 Å². The van der Waals surface area contributed by atoms with Gasteiger partial charge in [-0.1, -0.05) is 6.07 Å².